The van der Waals surface area contributed by atoms with Crippen LogP contribution in [0.15, 0.2) is 35.3 Å². The van der Waals surface area contributed by atoms with Crippen molar-refractivity contribution in [1.29, 1.82) is 0 Å². The first-order chi connectivity index (χ1) is 13.5. The molecule has 3 aromatic rings. The first-order valence-electron chi connectivity index (χ1n) is 10.1. The Morgan fingerprint density at radius 1 is 1.21 bits per heavy atom. The molecule has 1 saturated carbocycles. The van der Waals surface area contributed by atoms with Crippen molar-refractivity contribution in [3.63, 3.8) is 0 Å². The fourth-order valence-electron chi connectivity index (χ4n) is 4.16. The Balaban J connectivity index is 1.97. The van der Waals surface area contributed by atoms with Crippen LogP contribution in [-0.4, -0.2) is 21.6 Å². The molecule has 0 bridgehead atoms. The SMILES string of the molecule is CCCC(C1CC1)n1c(=O)c(C)nc2c(-c3ccc(OC)cc3C)ccnc21. The maximum Gasteiger partial charge on any atom is 0.273 e. The summed E-state index contributed by atoms with van der Waals surface area (Å²) in [6.45, 7) is 6.05. The van der Waals surface area contributed by atoms with Crippen LogP contribution in [0, 0.1) is 19.8 Å². The fourth-order valence-corrected chi connectivity index (χ4v) is 4.16. The molecule has 1 aliphatic rings. The molecule has 28 heavy (non-hydrogen) atoms. The van der Waals surface area contributed by atoms with Gasteiger partial charge in [-0.25, -0.2) is 9.97 Å². The maximum absolute atomic E-state index is 13.1. The third kappa shape index (κ3) is 3.19. The summed E-state index contributed by atoms with van der Waals surface area (Å²) in [5, 5.41) is 0. The molecule has 2 heterocycles. The van der Waals surface area contributed by atoms with Gasteiger partial charge in [0.05, 0.1) is 7.11 Å². The topological polar surface area (TPSA) is 57.0 Å². The quantitative estimate of drug-likeness (QED) is 0.617. The van der Waals surface area contributed by atoms with Gasteiger partial charge >= 0.3 is 0 Å². The highest BCUT2D eigenvalue weighted by atomic mass is 16.5. The van der Waals surface area contributed by atoms with Gasteiger partial charge in [0, 0.05) is 17.8 Å². The third-order valence-corrected chi connectivity index (χ3v) is 5.75. The van der Waals surface area contributed by atoms with E-state index >= 15 is 0 Å². The number of ether oxygens (including phenoxy) is 1. The Kier molecular flexibility index (Phi) is 4.92. The van der Waals surface area contributed by atoms with Crippen LogP contribution >= 0.6 is 0 Å². The molecule has 4 rings (SSSR count). The van der Waals surface area contributed by atoms with Gasteiger partial charge in [-0.2, -0.15) is 0 Å². The van der Waals surface area contributed by atoms with E-state index in [-0.39, 0.29) is 11.6 Å². The van der Waals surface area contributed by atoms with Crippen LogP contribution < -0.4 is 10.3 Å². The van der Waals surface area contributed by atoms with Crippen molar-refractivity contribution in [1.82, 2.24) is 14.5 Å². The number of benzene rings is 1. The average molecular weight is 377 g/mol. The van der Waals surface area contributed by atoms with Crippen molar-refractivity contribution in [2.75, 3.05) is 7.11 Å². The maximum atomic E-state index is 13.1. The zero-order chi connectivity index (χ0) is 19.8. The Labute approximate surface area is 165 Å². The van der Waals surface area contributed by atoms with Crippen molar-refractivity contribution in [3.05, 3.63) is 52.1 Å². The molecule has 0 saturated heterocycles. The van der Waals surface area contributed by atoms with Crippen LogP contribution in [-0.2, 0) is 0 Å². The molecule has 5 heteroatoms. The number of fused-ring (bicyclic) bond motifs is 1. The van der Waals surface area contributed by atoms with Crippen molar-refractivity contribution in [3.8, 4) is 16.9 Å². The molecule has 1 unspecified atom stereocenters. The van der Waals surface area contributed by atoms with Crippen LogP contribution in [0.2, 0.25) is 0 Å². The third-order valence-electron chi connectivity index (χ3n) is 5.75. The van der Waals surface area contributed by atoms with Crippen molar-refractivity contribution in [2.45, 2.75) is 52.5 Å². The lowest BCUT2D eigenvalue weighted by atomic mass is 9.99. The van der Waals surface area contributed by atoms with Gasteiger partial charge in [-0.1, -0.05) is 19.4 Å². The molecule has 1 aliphatic carbocycles. The summed E-state index contributed by atoms with van der Waals surface area (Å²) in [5.74, 6) is 1.41. The second-order valence-corrected chi connectivity index (χ2v) is 7.78. The Morgan fingerprint density at radius 3 is 2.64 bits per heavy atom. The van der Waals surface area contributed by atoms with Crippen LogP contribution in [0.25, 0.3) is 22.3 Å². The van der Waals surface area contributed by atoms with Crippen molar-refractivity contribution < 1.29 is 4.74 Å². The minimum atomic E-state index is -0.00560. The number of aryl methyl sites for hydroxylation is 2. The molecule has 146 valence electrons. The highest BCUT2D eigenvalue weighted by Gasteiger charge is 2.34. The number of rotatable bonds is 6. The Hall–Kier alpha value is -2.69. The number of methoxy groups -OCH3 is 1. The molecule has 1 aromatic carbocycles. The van der Waals surface area contributed by atoms with E-state index in [1.807, 2.05) is 29.7 Å². The Morgan fingerprint density at radius 2 is 2.00 bits per heavy atom. The van der Waals surface area contributed by atoms with E-state index in [1.165, 1.54) is 12.8 Å². The van der Waals surface area contributed by atoms with Gasteiger partial charge in [0.15, 0.2) is 5.65 Å². The first-order valence-corrected chi connectivity index (χ1v) is 10.1. The van der Waals surface area contributed by atoms with Gasteiger partial charge in [0.2, 0.25) is 0 Å². The number of pyridine rings is 1. The molecule has 0 N–H and O–H groups in total. The van der Waals surface area contributed by atoms with E-state index in [0.29, 0.717) is 17.3 Å². The second kappa shape index (κ2) is 7.38. The summed E-state index contributed by atoms with van der Waals surface area (Å²) in [5.41, 5.74) is 5.24. The van der Waals surface area contributed by atoms with Crippen LogP contribution in [0.3, 0.4) is 0 Å². The van der Waals surface area contributed by atoms with E-state index in [2.05, 4.69) is 24.9 Å². The highest BCUT2D eigenvalue weighted by molar-refractivity contribution is 5.90. The van der Waals surface area contributed by atoms with Crippen molar-refractivity contribution >= 4 is 11.2 Å². The predicted molar refractivity (Wildman–Crippen MR) is 112 cm³/mol. The lowest BCUT2D eigenvalue weighted by molar-refractivity contribution is 0.408. The number of hydrogen-bond acceptors (Lipinski definition) is 4. The monoisotopic (exact) mass is 377 g/mol. The van der Waals surface area contributed by atoms with Crippen LogP contribution in [0.1, 0.15) is 49.9 Å². The minimum absolute atomic E-state index is 0.00560. The van der Waals surface area contributed by atoms with Crippen LogP contribution in [0.4, 0.5) is 0 Å². The lowest BCUT2D eigenvalue weighted by Crippen LogP contribution is -2.30. The molecule has 1 fully saturated rings. The number of hydrogen-bond donors (Lipinski definition) is 0. The molecule has 1 atom stereocenters. The Bertz CT molecular complexity index is 1080. The molecular weight excluding hydrogens is 350 g/mol. The summed E-state index contributed by atoms with van der Waals surface area (Å²) in [4.78, 5) is 22.4. The van der Waals surface area contributed by atoms with E-state index in [0.717, 1.165) is 40.8 Å². The minimum Gasteiger partial charge on any atom is -0.497 e. The van der Waals surface area contributed by atoms with E-state index < -0.39 is 0 Å². The summed E-state index contributed by atoms with van der Waals surface area (Å²) in [6, 6.07) is 8.24. The molecular formula is C23H27N3O2. The van der Waals surface area contributed by atoms with E-state index in [4.69, 9.17) is 9.72 Å². The molecule has 5 nitrogen and oxygen atoms in total. The van der Waals surface area contributed by atoms with Gasteiger partial charge in [-0.05, 0) is 68.4 Å². The zero-order valence-electron chi connectivity index (χ0n) is 17.0. The summed E-state index contributed by atoms with van der Waals surface area (Å²) >= 11 is 0. The normalized spacial score (nSPS) is 15.0. The van der Waals surface area contributed by atoms with Gasteiger partial charge in [-0.3, -0.25) is 9.36 Å². The predicted octanol–water partition coefficient (Wildman–Crippen LogP) is 4.84. The van der Waals surface area contributed by atoms with Gasteiger partial charge in [-0.15, -0.1) is 0 Å². The smallest absolute Gasteiger partial charge is 0.273 e. The number of aromatic nitrogens is 3. The molecule has 2 aromatic heterocycles. The summed E-state index contributed by atoms with van der Waals surface area (Å²) in [7, 11) is 1.67. The molecule has 0 aliphatic heterocycles. The molecule has 0 radical (unpaired) electrons. The number of nitrogens with zero attached hydrogens (tertiary/aromatic N) is 3. The molecule has 0 spiro atoms. The summed E-state index contributed by atoms with van der Waals surface area (Å²) in [6.07, 6.45) is 6.23. The average Bonchev–Trinajstić information content (AvgIpc) is 3.53. The highest BCUT2D eigenvalue weighted by Crippen LogP contribution is 2.42. The standard InChI is InChI=1S/C23H27N3O2/c1-5-6-20(16-7-8-16)26-22-21(25-15(3)23(26)27)19(11-12-24-22)18-10-9-17(28-4)13-14(18)2/h9-13,16,20H,5-8H2,1-4H3. The van der Waals surface area contributed by atoms with Gasteiger partial charge in [0.1, 0.15) is 17.0 Å². The second-order valence-electron chi connectivity index (χ2n) is 7.78. The largest absolute Gasteiger partial charge is 0.497 e. The van der Waals surface area contributed by atoms with Gasteiger partial charge < -0.3 is 4.74 Å². The lowest BCUT2D eigenvalue weighted by Gasteiger charge is -2.22. The fraction of sp³-hybridized carbons (Fsp3) is 0.435. The van der Waals surface area contributed by atoms with E-state index in [1.54, 1.807) is 13.3 Å². The van der Waals surface area contributed by atoms with E-state index in [9.17, 15) is 4.79 Å². The molecule has 0 amide bonds. The van der Waals surface area contributed by atoms with Gasteiger partial charge in [0.25, 0.3) is 5.56 Å². The van der Waals surface area contributed by atoms with Crippen LogP contribution in [0.5, 0.6) is 5.75 Å². The summed E-state index contributed by atoms with van der Waals surface area (Å²) < 4.78 is 7.28. The van der Waals surface area contributed by atoms with Crippen molar-refractivity contribution in [2.24, 2.45) is 5.92 Å². The zero-order valence-corrected chi connectivity index (χ0v) is 17.0. The first kappa shape index (κ1) is 18.7.